The fourth-order valence-corrected chi connectivity index (χ4v) is 3.39. The lowest BCUT2D eigenvalue weighted by molar-refractivity contribution is -0.0271. The van der Waals surface area contributed by atoms with Gasteiger partial charge in [-0.25, -0.2) is 0 Å². The molecule has 0 aliphatic heterocycles. The molecule has 3 fully saturated rings. The van der Waals surface area contributed by atoms with Crippen molar-refractivity contribution >= 4 is 0 Å². The predicted molar refractivity (Wildman–Crippen MR) is 44.2 cm³/mol. The second kappa shape index (κ2) is 2.28. The maximum absolute atomic E-state index is 9.69. The molecular weight excluding hydrogens is 180 g/mol. The Balaban J connectivity index is 1.90. The van der Waals surface area contributed by atoms with Crippen molar-refractivity contribution in [1.29, 1.82) is 10.5 Å². The molecule has 0 bridgehead atoms. The van der Waals surface area contributed by atoms with Gasteiger partial charge in [0.15, 0.2) is 0 Å². The Morgan fingerprint density at radius 1 is 0.714 bits per heavy atom. The molecule has 0 heterocycles. The van der Waals surface area contributed by atoms with Crippen LogP contribution in [0, 0.1) is 58.2 Å². The van der Waals surface area contributed by atoms with E-state index < -0.39 is 12.2 Å². The van der Waals surface area contributed by atoms with Crippen LogP contribution in [-0.2, 0) is 0 Å². The molecule has 2 N–H and O–H groups in total. The van der Waals surface area contributed by atoms with E-state index >= 15 is 0 Å². The molecule has 0 aromatic heterocycles. The first-order valence-corrected chi connectivity index (χ1v) is 4.87. The van der Waals surface area contributed by atoms with E-state index in [4.69, 9.17) is 10.5 Å². The van der Waals surface area contributed by atoms with Gasteiger partial charge in [-0.1, -0.05) is 0 Å². The summed E-state index contributed by atoms with van der Waals surface area (Å²) in [6, 6.07) is 4.31. The lowest BCUT2D eigenvalue weighted by atomic mass is 9.95. The highest BCUT2D eigenvalue weighted by Gasteiger charge is 2.75. The van der Waals surface area contributed by atoms with E-state index in [1.807, 2.05) is 0 Å². The highest BCUT2D eigenvalue weighted by Crippen LogP contribution is 2.70. The lowest BCUT2D eigenvalue weighted by Gasteiger charge is -2.21. The molecule has 4 nitrogen and oxygen atoms in total. The van der Waals surface area contributed by atoms with Crippen LogP contribution in [0.4, 0.5) is 0 Å². The maximum Gasteiger partial charge on any atom is 0.0846 e. The van der Waals surface area contributed by atoms with Crippen molar-refractivity contribution in [2.24, 2.45) is 35.5 Å². The third kappa shape index (κ3) is 0.706. The van der Waals surface area contributed by atoms with Gasteiger partial charge in [-0.15, -0.1) is 0 Å². The van der Waals surface area contributed by atoms with Gasteiger partial charge in [0, 0.05) is 11.8 Å². The van der Waals surface area contributed by atoms with Gasteiger partial charge >= 0.3 is 0 Å². The largest absolute Gasteiger partial charge is 0.390 e. The summed E-state index contributed by atoms with van der Waals surface area (Å²) in [6.07, 6.45) is -1.58. The maximum atomic E-state index is 9.69. The highest BCUT2D eigenvalue weighted by atomic mass is 16.3. The summed E-state index contributed by atoms with van der Waals surface area (Å²) in [7, 11) is 0. The average molecular weight is 190 g/mol. The highest BCUT2D eigenvalue weighted by molar-refractivity contribution is 5.29. The normalized spacial score (nSPS) is 62.9. The number of hydrogen-bond acceptors (Lipinski definition) is 4. The minimum Gasteiger partial charge on any atom is -0.390 e. The molecular formula is C10H10N2O2. The van der Waals surface area contributed by atoms with Crippen LogP contribution in [0.5, 0.6) is 0 Å². The number of fused-ring (bicyclic) bond motifs is 3. The first kappa shape index (κ1) is 8.23. The van der Waals surface area contributed by atoms with Gasteiger partial charge < -0.3 is 10.2 Å². The summed E-state index contributed by atoms with van der Waals surface area (Å²) < 4.78 is 0. The summed E-state index contributed by atoms with van der Waals surface area (Å²) >= 11 is 0. The zero-order valence-electron chi connectivity index (χ0n) is 7.41. The summed E-state index contributed by atoms with van der Waals surface area (Å²) in [5.74, 6) is -0.0636. The van der Waals surface area contributed by atoms with Crippen LogP contribution in [0.2, 0.25) is 0 Å². The molecule has 0 saturated heterocycles. The Morgan fingerprint density at radius 3 is 1.36 bits per heavy atom. The number of nitriles is 2. The quantitative estimate of drug-likeness (QED) is 0.538. The third-order valence-corrected chi connectivity index (χ3v) is 4.15. The van der Waals surface area contributed by atoms with Crippen LogP contribution in [0.3, 0.4) is 0 Å². The summed E-state index contributed by atoms with van der Waals surface area (Å²) in [6.45, 7) is 0. The van der Waals surface area contributed by atoms with Gasteiger partial charge in [-0.05, 0) is 11.8 Å². The number of rotatable bonds is 0. The molecule has 0 amide bonds. The standard InChI is InChI=1S/C10H10N2O2/c11-1-3-5-6-4(2-12)8(6)10(14)9(13)7(3)5/h3-10,13-14H/t3-,4+,5+,6-,7+,8-,9+,10-. The first-order chi connectivity index (χ1) is 6.72. The van der Waals surface area contributed by atoms with Gasteiger partial charge in [-0.3, -0.25) is 0 Å². The number of aliphatic hydroxyl groups excluding tert-OH is 2. The zero-order valence-corrected chi connectivity index (χ0v) is 7.41. The second-order valence-corrected chi connectivity index (χ2v) is 4.60. The Labute approximate surface area is 81.4 Å². The SMILES string of the molecule is N#C[C@@H]1[C@H]2[C@H]3[C@H](C#N)[C@H]3[C@@H](O)[C@@H](O)[C@@H]12. The van der Waals surface area contributed by atoms with E-state index in [-0.39, 0.29) is 35.5 Å². The summed E-state index contributed by atoms with van der Waals surface area (Å²) in [4.78, 5) is 0. The molecule has 72 valence electrons. The monoisotopic (exact) mass is 190 g/mol. The third-order valence-electron chi connectivity index (χ3n) is 4.15. The van der Waals surface area contributed by atoms with Crippen molar-refractivity contribution in [2.75, 3.05) is 0 Å². The number of hydrogen-bond donors (Lipinski definition) is 2. The Bertz CT molecular complexity index is 333. The van der Waals surface area contributed by atoms with Gasteiger partial charge in [0.1, 0.15) is 0 Å². The summed E-state index contributed by atoms with van der Waals surface area (Å²) in [5.41, 5.74) is 0. The van der Waals surface area contributed by atoms with E-state index in [2.05, 4.69) is 12.1 Å². The average Bonchev–Trinajstić information content (AvgIpc) is 3.04. The van der Waals surface area contributed by atoms with Gasteiger partial charge in [0.2, 0.25) is 0 Å². The number of aliphatic hydroxyl groups is 2. The minimum atomic E-state index is -0.788. The van der Waals surface area contributed by atoms with Crippen LogP contribution in [0.25, 0.3) is 0 Å². The van der Waals surface area contributed by atoms with Crippen molar-refractivity contribution in [1.82, 2.24) is 0 Å². The topological polar surface area (TPSA) is 88.0 Å². The van der Waals surface area contributed by atoms with E-state index in [1.165, 1.54) is 0 Å². The van der Waals surface area contributed by atoms with Crippen LogP contribution in [0.1, 0.15) is 0 Å². The fraction of sp³-hybridized carbons (Fsp3) is 0.800. The Morgan fingerprint density at radius 2 is 1.07 bits per heavy atom. The van der Waals surface area contributed by atoms with Crippen LogP contribution in [-0.4, -0.2) is 22.4 Å². The molecule has 14 heavy (non-hydrogen) atoms. The van der Waals surface area contributed by atoms with Gasteiger partial charge in [0.25, 0.3) is 0 Å². The van der Waals surface area contributed by atoms with E-state index in [1.54, 1.807) is 0 Å². The van der Waals surface area contributed by atoms with Crippen molar-refractivity contribution in [3.05, 3.63) is 0 Å². The lowest BCUT2D eigenvalue weighted by Crippen LogP contribution is -2.34. The molecule has 0 spiro atoms. The van der Waals surface area contributed by atoms with E-state index in [0.717, 1.165) is 0 Å². The van der Waals surface area contributed by atoms with E-state index in [0.29, 0.717) is 0 Å². The first-order valence-electron chi connectivity index (χ1n) is 4.87. The molecule has 0 aromatic carbocycles. The smallest absolute Gasteiger partial charge is 0.0846 e. The zero-order chi connectivity index (χ0) is 10.0. The molecule has 8 atom stereocenters. The van der Waals surface area contributed by atoms with Crippen LogP contribution in [0.15, 0.2) is 0 Å². The molecule has 3 aliphatic rings. The summed E-state index contributed by atoms with van der Waals surface area (Å²) in [5, 5.41) is 37.0. The predicted octanol–water partition coefficient (Wildman–Crippen LogP) is -0.507. The fourth-order valence-electron chi connectivity index (χ4n) is 3.39. The minimum absolute atomic E-state index is 0.0744. The molecule has 0 radical (unpaired) electrons. The van der Waals surface area contributed by atoms with Crippen LogP contribution < -0.4 is 0 Å². The molecule has 3 saturated carbocycles. The van der Waals surface area contributed by atoms with Gasteiger partial charge in [-0.2, -0.15) is 10.5 Å². The van der Waals surface area contributed by atoms with Crippen molar-refractivity contribution in [2.45, 2.75) is 12.2 Å². The molecule has 3 aliphatic carbocycles. The number of nitrogens with zero attached hydrogens (tertiary/aromatic N) is 2. The second-order valence-electron chi connectivity index (χ2n) is 4.60. The molecule has 0 unspecified atom stereocenters. The van der Waals surface area contributed by atoms with E-state index in [9.17, 15) is 10.2 Å². The van der Waals surface area contributed by atoms with Crippen molar-refractivity contribution in [3.63, 3.8) is 0 Å². The van der Waals surface area contributed by atoms with Crippen molar-refractivity contribution in [3.8, 4) is 12.1 Å². The molecule has 4 heteroatoms. The Kier molecular flexibility index (Phi) is 1.34. The Hall–Kier alpha value is -1.10. The van der Waals surface area contributed by atoms with Crippen molar-refractivity contribution < 1.29 is 10.2 Å². The van der Waals surface area contributed by atoms with Gasteiger partial charge in [0.05, 0.1) is 36.2 Å². The molecule has 0 aromatic rings. The molecule has 3 rings (SSSR count). The van der Waals surface area contributed by atoms with Crippen LogP contribution >= 0.6 is 0 Å².